The number of methoxy groups -OCH3 is 1. The fourth-order valence-electron chi connectivity index (χ4n) is 0.862. The minimum absolute atomic E-state index is 0.150. The van der Waals surface area contributed by atoms with Gasteiger partial charge in [0, 0.05) is 0 Å². The molecule has 10 heavy (non-hydrogen) atoms. The van der Waals surface area contributed by atoms with Gasteiger partial charge < -0.3 is 9.47 Å². The first-order chi connectivity index (χ1) is 4.74. The van der Waals surface area contributed by atoms with Crippen molar-refractivity contribution in [1.82, 2.24) is 0 Å². The summed E-state index contributed by atoms with van der Waals surface area (Å²) < 4.78 is 9.51. The molecule has 1 heterocycles. The van der Waals surface area contributed by atoms with E-state index in [9.17, 15) is 4.79 Å². The standard InChI is InChI=1S/C7H12O3/c1-5(6-4-10-6)3-7(8)9-2/h5-6H,3-4H2,1-2H3. The van der Waals surface area contributed by atoms with Crippen molar-refractivity contribution in [2.24, 2.45) is 5.92 Å². The van der Waals surface area contributed by atoms with Gasteiger partial charge in [-0.05, 0) is 5.92 Å². The van der Waals surface area contributed by atoms with E-state index in [2.05, 4.69) is 4.74 Å². The molecule has 0 spiro atoms. The van der Waals surface area contributed by atoms with Gasteiger partial charge in [-0.1, -0.05) is 6.92 Å². The number of rotatable bonds is 3. The molecule has 58 valence electrons. The molecule has 2 atom stereocenters. The van der Waals surface area contributed by atoms with Crippen LogP contribution in [0.15, 0.2) is 0 Å². The summed E-state index contributed by atoms with van der Waals surface area (Å²) in [4.78, 5) is 10.7. The Morgan fingerprint density at radius 1 is 1.90 bits per heavy atom. The van der Waals surface area contributed by atoms with Gasteiger partial charge in [0.05, 0.1) is 26.2 Å². The molecule has 0 aromatic rings. The summed E-state index contributed by atoms with van der Waals surface area (Å²) in [6, 6.07) is 0. The van der Waals surface area contributed by atoms with Crippen LogP contribution in [0, 0.1) is 5.92 Å². The fraction of sp³-hybridized carbons (Fsp3) is 0.857. The van der Waals surface area contributed by atoms with Crippen LogP contribution in [0.1, 0.15) is 13.3 Å². The Bertz CT molecular complexity index is 129. The predicted molar refractivity (Wildman–Crippen MR) is 35.5 cm³/mol. The SMILES string of the molecule is COC(=O)CC(C)C1CO1. The van der Waals surface area contributed by atoms with Crippen LogP contribution in [0.3, 0.4) is 0 Å². The van der Waals surface area contributed by atoms with Crippen LogP contribution in [-0.2, 0) is 14.3 Å². The van der Waals surface area contributed by atoms with E-state index in [1.165, 1.54) is 7.11 Å². The van der Waals surface area contributed by atoms with Gasteiger partial charge in [0.25, 0.3) is 0 Å². The van der Waals surface area contributed by atoms with Crippen LogP contribution in [0.5, 0.6) is 0 Å². The van der Waals surface area contributed by atoms with Gasteiger partial charge in [-0.15, -0.1) is 0 Å². The molecule has 1 saturated heterocycles. The van der Waals surface area contributed by atoms with Gasteiger partial charge in [-0.25, -0.2) is 0 Å². The van der Waals surface area contributed by atoms with E-state index >= 15 is 0 Å². The Balaban J connectivity index is 2.16. The molecule has 0 aromatic carbocycles. The predicted octanol–water partition coefficient (Wildman–Crippen LogP) is 0.584. The summed E-state index contributed by atoms with van der Waals surface area (Å²) in [7, 11) is 1.41. The van der Waals surface area contributed by atoms with E-state index in [1.54, 1.807) is 0 Å². The monoisotopic (exact) mass is 144 g/mol. The smallest absolute Gasteiger partial charge is 0.305 e. The zero-order chi connectivity index (χ0) is 7.56. The lowest BCUT2D eigenvalue weighted by Gasteiger charge is -2.04. The van der Waals surface area contributed by atoms with E-state index in [-0.39, 0.29) is 5.97 Å². The molecule has 1 fully saturated rings. The van der Waals surface area contributed by atoms with E-state index in [1.807, 2.05) is 6.92 Å². The summed E-state index contributed by atoms with van der Waals surface area (Å²) in [5, 5.41) is 0. The molecular formula is C7H12O3. The third-order valence-corrected chi connectivity index (χ3v) is 1.71. The number of hydrogen-bond donors (Lipinski definition) is 0. The largest absolute Gasteiger partial charge is 0.469 e. The number of carbonyl (C=O) groups excluding carboxylic acids is 1. The van der Waals surface area contributed by atoms with Crippen LogP contribution in [0.2, 0.25) is 0 Å². The van der Waals surface area contributed by atoms with E-state index < -0.39 is 0 Å². The maximum absolute atomic E-state index is 10.7. The van der Waals surface area contributed by atoms with Crippen LogP contribution in [0.25, 0.3) is 0 Å². The molecule has 0 saturated carbocycles. The highest BCUT2D eigenvalue weighted by molar-refractivity contribution is 5.69. The highest BCUT2D eigenvalue weighted by Gasteiger charge is 2.30. The zero-order valence-electron chi connectivity index (χ0n) is 6.29. The number of ether oxygens (including phenoxy) is 2. The minimum Gasteiger partial charge on any atom is -0.469 e. The first-order valence-electron chi connectivity index (χ1n) is 3.42. The summed E-state index contributed by atoms with van der Waals surface area (Å²) >= 11 is 0. The summed E-state index contributed by atoms with van der Waals surface area (Å²) in [6.07, 6.45) is 0.778. The average Bonchev–Trinajstić information content (AvgIpc) is 2.68. The molecule has 0 aromatic heterocycles. The van der Waals surface area contributed by atoms with Crippen molar-refractivity contribution in [3.05, 3.63) is 0 Å². The summed E-state index contributed by atoms with van der Waals surface area (Å²) in [5.74, 6) is 0.162. The summed E-state index contributed by atoms with van der Waals surface area (Å²) in [6.45, 7) is 2.80. The Kier molecular flexibility index (Phi) is 2.27. The van der Waals surface area contributed by atoms with Gasteiger partial charge >= 0.3 is 5.97 Å². The van der Waals surface area contributed by atoms with Crippen LogP contribution < -0.4 is 0 Å². The maximum Gasteiger partial charge on any atom is 0.305 e. The molecule has 0 aliphatic carbocycles. The minimum atomic E-state index is -0.150. The molecule has 0 N–H and O–H groups in total. The van der Waals surface area contributed by atoms with Crippen molar-refractivity contribution in [2.75, 3.05) is 13.7 Å². The highest BCUT2D eigenvalue weighted by atomic mass is 16.6. The Hall–Kier alpha value is -0.570. The lowest BCUT2D eigenvalue weighted by Crippen LogP contribution is -2.11. The zero-order valence-corrected chi connectivity index (χ0v) is 6.29. The first-order valence-corrected chi connectivity index (χ1v) is 3.42. The van der Waals surface area contributed by atoms with Gasteiger partial charge in [0.1, 0.15) is 0 Å². The second kappa shape index (κ2) is 3.01. The molecule has 3 nitrogen and oxygen atoms in total. The Morgan fingerprint density at radius 3 is 2.90 bits per heavy atom. The maximum atomic E-state index is 10.7. The van der Waals surface area contributed by atoms with Crippen molar-refractivity contribution >= 4 is 5.97 Å². The van der Waals surface area contributed by atoms with Crippen molar-refractivity contribution in [3.63, 3.8) is 0 Å². The molecule has 0 amide bonds. The average molecular weight is 144 g/mol. The third-order valence-electron chi connectivity index (χ3n) is 1.71. The number of hydrogen-bond acceptors (Lipinski definition) is 3. The number of esters is 1. The normalized spacial score (nSPS) is 25.6. The second-order valence-electron chi connectivity index (χ2n) is 2.63. The lowest BCUT2D eigenvalue weighted by molar-refractivity contribution is -0.141. The van der Waals surface area contributed by atoms with Crippen molar-refractivity contribution in [1.29, 1.82) is 0 Å². The second-order valence-corrected chi connectivity index (χ2v) is 2.63. The van der Waals surface area contributed by atoms with E-state index in [0.717, 1.165) is 6.61 Å². The molecule has 0 bridgehead atoms. The molecule has 1 aliphatic heterocycles. The van der Waals surface area contributed by atoms with Gasteiger partial charge in [-0.2, -0.15) is 0 Å². The van der Waals surface area contributed by atoms with Gasteiger partial charge in [0.2, 0.25) is 0 Å². The van der Waals surface area contributed by atoms with Gasteiger partial charge in [0.15, 0.2) is 0 Å². The van der Waals surface area contributed by atoms with Gasteiger partial charge in [-0.3, -0.25) is 4.79 Å². The van der Waals surface area contributed by atoms with Crippen LogP contribution in [-0.4, -0.2) is 25.8 Å². The van der Waals surface area contributed by atoms with Crippen molar-refractivity contribution < 1.29 is 14.3 Å². The molecule has 2 unspecified atom stereocenters. The highest BCUT2D eigenvalue weighted by Crippen LogP contribution is 2.22. The Morgan fingerprint density at radius 2 is 2.50 bits per heavy atom. The Labute approximate surface area is 60.3 Å². The third kappa shape index (κ3) is 1.99. The first kappa shape index (κ1) is 7.54. The fourth-order valence-corrected chi connectivity index (χ4v) is 0.862. The number of epoxide rings is 1. The topological polar surface area (TPSA) is 38.8 Å². The van der Waals surface area contributed by atoms with E-state index in [4.69, 9.17) is 4.74 Å². The summed E-state index contributed by atoms with van der Waals surface area (Å²) in [5.41, 5.74) is 0. The van der Waals surface area contributed by atoms with Crippen LogP contribution >= 0.6 is 0 Å². The van der Waals surface area contributed by atoms with Crippen LogP contribution in [0.4, 0.5) is 0 Å². The quantitative estimate of drug-likeness (QED) is 0.429. The molecule has 0 radical (unpaired) electrons. The molecule has 1 rings (SSSR count). The number of carbonyl (C=O) groups is 1. The molecule has 3 heteroatoms. The molecular weight excluding hydrogens is 132 g/mol. The molecule has 1 aliphatic rings. The van der Waals surface area contributed by atoms with E-state index in [0.29, 0.717) is 18.4 Å². The van der Waals surface area contributed by atoms with Crippen molar-refractivity contribution in [3.8, 4) is 0 Å². The lowest BCUT2D eigenvalue weighted by atomic mass is 10.1. The van der Waals surface area contributed by atoms with Crippen molar-refractivity contribution in [2.45, 2.75) is 19.4 Å².